The molecule has 2 aromatic rings. The van der Waals surface area contributed by atoms with E-state index in [0.717, 1.165) is 11.1 Å². The molecule has 2 aromatic carbocycles. The molecule has 1 aliphatic heterocycles. The van der Waals surface area contributed by atoms with E-state index < -0.39 is 0 Å². The number of carbonyl (C=O) groups excluding carboxylic acids is 1. The molecule has 0 atom stereocenters. The van der Waals surface area contributed by atoms with Crippen molar-refractivity contribution < 1.29 is 9.53 Å². The lowest BCUT2D eigenvalue weighted by atomic mass is 10.1. The first kappa shape index (κ1) is 19.7. The Bertz CT molecular complexity index is 940. The number of halogens is 1. The summed E-state index contributed by atoms with van der Waals surface area (Å²) < 4.78 is 6.52. The van der Waals surface area contributed by atoms with Crippen LogP contribution in [0.4, 0.5) is 0 Å². The molecule has 1 fully saturated rings. The van der Waals surface area contributed by atoms with Gasteiger partial charge in [0.1, 0.15) is 16.7 Å². The van der Waals surface area contributed by atoms with Crippen LogP contribution in [0.15, 0.2) is 60.0 Å². The number of carbonyl (C=O) groups is 1. The largest absolute Gasteiger partial charge is 0.488 e. The molecule has 1 heterocycles. The van der Waals surface area contributed by atoms with Crippen LogP contribution in [0.3, 0.4) is 0 Å². The zero-order chi connectivity index (χ0) is 19.4. The smallest absolute Gasteiger partial charge is 0.266 e. The average molecular weight is 416 g/mol. The van der Waals surface area contributed by atoms with Gasteiger partial charge in [-0.25, -0.2) is 0 Å². The van der Waals surface area contributed by atoms with E-state index in [-0.39, 0.29) is 5.91 Å². The third kappa shape index (κ3) is 4.80. The van der Waals surface area contributed by atoms with E-state index in [4.69, 9.17) is 28.6 Å². The highest BCUT2D eigenvalue weighted by atomic mass is 35.5. The molecule has 1 saturated heterocycles. The maximum absolute atomic E-state index is 12.6. The third-order valence-corrected chi connectivity index (χ3v) is 5.53. The second-order valence-corrected chi connectivity index (χ2v) is 8.15. The van der Waals surface area contributed by atoms with Gasteiger partial charge in [0.15, 0.2) is 0 Å². The zero-order valence-corrected chi connectivity index (χ0v) is 17.2. The summed E-state index contributed by atoms with van der Waals surface area (Å²) >= 11 is 12.7. The third-order valence-electron chi connectivity index (χ3n) is 3.92. The van der Waals surface area contributed by atoms with Crippen LogP contribution in [-0.4, -0.2) is 21.7 Å². The second-order valence-electron chi connectivity index (χ2n) is 6.04. The van der Waals surface area contributed by atoms with Gasteiger partial charge in [-0.15, -0.1) is 6.58 Å². The Balaban J connectivity index is 1.85. The Morgan fingerprint density at radius 2 is 2.11 bits per heavy atom. The predicted octanol–water partition coefficient (Wildman–Crippen LogP) is 5.61. The number of benzene rings is 2. The van der Waals surface area contributed by atoms with Crippen molar-refractivity contribution in [3.63, 3.8) is 0 Å². The number of aryl methyl sites for hydroxylation is 1. The van der Waals surface area contributed by atoms with Crippen molar-refractivity contribution in [3.8, 4) is 5.75 Å². The van der Waals surface area contributed by atoms with Crippen LogP contribution in [0.25, 0.3) is 6.08 Å². The molecule has 0 N–H and O–H groups in total. The first-order valence-electron chi connectivity index (χ1n) is 8.32. The summed E-state index contributed by atoms with van der Waals surface area (Å²) in [6.45, 7) is 6.54. The number of thioether (sulfide) groups is 1. The zero-order valence-electron chi connectivity index (χ0n) is 14.8. The first-order chi connectivity index (χ1) is 13.0. The minimum atomic E-state index is -0.130. The fourth-order valence-corrected chi connectivity index (χ4v) is 4.10. The summed E-state index contributed by atoms with van der Waals surface area (Å²) in [5.74, 6) is 0.532. The number of amides is 1. The lowest BCUT2D eigenvalue weighted by Crippen LogP contribution is -2.27. The van der Waals surface area contributed by atoms with Crippen LogP contribution in [-0.2, 0) is 11.4 Å². The second kappa shape index (κ2) is 8.74. The summed E-state index contributed by atoms with van der Waals surface area (Å²) in [4.78, 5) is 14.6. The van der Waals surface area contributed by atoms with E-state index >= 15 is 0 Å². The van der Waals surface area contributed by atoms with Gasteiger partial charge in [-0.05, 0) is 36.8 Å². The molecule has 1 aliphatic rings. The van der Waals surface area contributed by atoms with Gasteiger partial charge >= 0.3 is 0 Å². The standard InChI is InChI=1S/C21H18ClNO2S2/c1-3-9-23-20(24)19(27-21(23)26)12-16-11-17(22)7-8-18(16)25-13-15-6-4-5-14(2)10-15/h3-8,10-12H,1,9,13H2,2H3/b19-12+. The Labute approximate surface area is 173 Å². The van der Waals surface area contributed by atoms with Crippen molar-refractivity contribution in [2.24, 2.45) is 0 Å². The molecule has 0 saturated carbocycles. The van der Waals surface area contributed by atoms with Crippen molar-refractivity contribution in [2.75, 3.05) is 6.54 Å². The van der Waals surface area contributed by atoms with Crippen LogP contribution in [0.1, 0.15) is 16.7 Å². The van der Waals surface area contributed by atoms with Gasteiger partial charge < -0.3 is 4.74 Å². The van der Waals surface area contributed by atoms with Crippen LogP contribution < -0.4 is 4.74 Å². The fraction of sp³-hybridized carbons (Fsp3) is 0.143. The lowest BCUT2D eigenvalue weighted by molar-refractivity contribution is -0.121. The Kier molecular flexibility index (Phi) is 6.37. The summed E-state index contributed by atoms with van der Waals surface area (Å²) in [5, 5.41) is 0.575. The van der Waals surface area contributed by atoms with E-state index in [9.17, 15) is 4.79 Å². The van der Waals surface area contributed by atoms with Crippen molar-refractivity contribution in [1.82, 2.24) is 4.90 Å². The highest BCUT2D eigenvalue weighted by molar-refractivity contribution is 8.26. The molecular formula is C21H18ClNO2S2. The average Bonchev–Trinajstić information content (AvgIpc) is 2.89. The van der Waals surface area contributed by atoms with Gasteiger partial charge in [-0.2, -0.15) is 0 Å². The number of hydrogen-bond donors (Lipinski definition) is 0. The van der Waals surface area contributed by atoms with Crippen molar-refractivity contribution in [3.05, 3.63) is 81.7 Å². The molecule has 0 bridgehead atoms. The van der Waals surface area contributed by atoms with Crippen LogP contribution >= 0.6 is 35.6 Å². The van der Waals surface area contributed by atoms with E-state index in [1.165, 1.54) is 22.2 Å². The number of thiocarbonyl (C=S) groups is 1. The molecule has 1 amide bonds. The highest BCUT2D eigenvalue weighted by Crippen LogP contribution is 2.35. The van der Waals surface area contributed by atoms with Crippen LogP contribution in [0.2, 0.25) is 5.02 Å². The van der Waals surface area contributed by atoms with E-state index in [0.29, 0.717) is 33.1 Å². The van der Waals surface area contributed by atoms with Gasteiger partial charge in [0.25, 0.3) is 5.91 Å². The molecule has 0 aromatic heterocycles. The van der Waals surface area contributed by atoms with Crippen LogP contribution in [0, 0.1) is 6.92 Å². The normalized spacial score (nSPS) is 15.5. The van der Waals surface area contributed by atoms with E-state index in [2.05, 4.69) is 12.6 Å². The molecule has 27 heavy (non-hydrogen) atoms. The number of ether oxygens (including phenoxy) is 1. The highest BCUT2D eigenvalue weighted by Gasteiger charge is 2.31. The molecule has 138 valence electrons. The number of rotatable bonds is 6. The first-order valence-corrected chi connectivity index (χ1v) is 9.92. The molecule has 0 aliphatic carbocycles. The Morgan fingerprint density at radius 3 is 2.85 bits per heavy atom. The van der Waals surface area contributed by atoms with E-state index in [1.807, 2.05) is 31.2 Å². The summed E-state index contributed by atoms with van der Waals surface area (Å²) in [5.41, 5.74) is 3.00. The number of nitrogens with zero attached hydrogens (tertiary/aromatic N) is 1. The van der Waals surface area contributed by atoms with Gasteiger partial charge in [-0.3, -0.25) is 9.69 Å². The fourth-order valence-electron chi connectivity index (χ4n) is 2.65. The minimum Gasteiger partial charge on any atom is -0.488 e. The molecule has 6 heteroatoms. The van der Waals surface area contributed by atoms with Crippen molar-refractivity contribution >= 4 is 51.9 Å². The lowest BCUT2D eigenvalue weighted by Gasteiger charge is -2.11. The number of hydrogen-bond acceptors (Lipinski definition) is 4. The van der Waals surface area contributed by atoms with Gasteiger partial charge in [-0.1, -0.05) is 71.5 Å². The predicted molar refractivity (Wildman–Crippen MR) is 117 cm³/mol. The maximum Gasteiger partial charge on any atom is 0.266 e. The topological polar surface area (TPSA) is 29.5 Å². The monoisotopic (exact) mass is 415 g/mol. The quantitative estimate of drug-likeness (QED) is 0.348. The molecule has 0 spiro atoms. The van der Waals surface area contributed by atoms with Gasteiger partial charge in [0.05, 0.1) is 4.91 Å². The molecule has 0 radical (unpaired) electrons. The summed E-state index contributed by atoms with van der Waals surface area (Å²) in [6.07, 6.45) is 3.43. The van der Waals surface area contributed by atoms with Gasteiger partial charge in [0.2, 0.25) is 0 Å². The molecule has 3 nitrogen and oxygen atoms in total. The maximum atomic E-state index is 12.6. The van der Waals surface area contributed by atoms with Crippen molar-refractivity contribution in [2.45, 2.75) is 13.5 Å². The van der Waals surface area contributed by atoms with Crippen molar-refractivity contribution in [1.29, 1.82) is 0 Å². The molecule has 0 unspecified atom stereocenters. The van der Waals surface area contributed by atoms with Gasteiger partial charge in [0, 0.05) is 17.1 Å². The van der Waals surface area contributed by atoms with Crippen LogP contribution in [0.5, 0.6) is 5.75 Å². The molecule has 3 rings (SSSR count). The Morgan fingerprint density at radius 1 is 1.30 bits per heavy atom. The minimum absolute atomic E-state index is 0.130. The Hall–Kier alpha value is -2.08. The SMILES string of the molecule is C=CCN1C(=O)/C(=C\c2cc(Cl)ccc2OCc2cccc(C)c2)SC1=S. The molecular weight excluding hydrogens is 398 g/mol. The van der Waals surface area contributed by atoms with E-state index in [1.54, 1.807) is 24.3 Å². The summed E-state index contributed by atoms with van der Waals surface area (Å²) in [6, 6.07) is 13.5. The summed E-state index contributed by atoms with van der Waals surface area (Å²) in [7, 11) is 0.